The van der Waals surface area contributed by atoms with Crippen LogP contribution in [0.15, 0.2) is 46.9 Å². The number of ether oxygens (including phenoxy) is 1. The monoisotopic (exact) mass is 353 g/mol. The minimum absolute atomic E-state index is 0.226. The fourth-order valence-electron chi connectivity index (χ4n) is 1.69. The Labute approximate surface area is 131 Å². The molecule has 0 fully saturated rings. The van der Waals surface area contributed by atoms with Crippen LogP contribution in [0.25, 0.3) is 0 Å². The van der Waals surface area contributed by atoms with Crippen molar-refractivity contribution in [3.63, 3.8) is 0 Å². The van der Waals surface area contributed by atoms with Crippen LogP contribution in [0.3, 0.4) is 0 Å². The predicted octanol–water partition coefficient (Wildman–Crippen LogP) is 5.16. The molecule has 2 aromatic carbocycles. The molecule has 0 atom stereocenters. The molecule has 0 radical (unpaired) electrons. The number of rotatable bonds is 3. The molecule has 20 heavy (non-hydrogen) atoms. The second-order valence-electron chi connectivity index (χ2n) is 4.27. The molecule has 0 saturated carbocycles. The van der Waals surface area contributed by atoms with Crippen molar-refractivity contribution in [2.45, 2.75) is 13.5 Å². The molecular formula is C15H13BrClNO2. The standard InChI is InChI=1S/C15H13BrClNO2/c1-10-7-12(17)8-13(14(10)16)18-15(19)20-9-11-5-3-2-4-6-11/h2-8H,9H2,1H3,(H,18,19). The van der Waals surface area contributed by atoms with Gasteiger partial charge in [-0.15, -0.1) is 0 Å². The van der Waals surface area contributed by atoms with E-state index < -0.39 is 6.09 Å². The highest BCUT2D eigenvalue weighted by Crippen LogP contribution is 2.30. The van der Waals surface area contributed by atoms with Gasteiger partial charge in [-0.3, -0.25) is 5.32 Å². The zero-order valence-electron chi connectivity index (χ0n) is 10.8. The molecule has 1 N–H and O–H groups in total. The molecule has 3 nitrogen and oxygen atoms in total. The van der Waals surface area contributed by atoms with Gasteiger partial charge >= 0.3 is 6.09 Å². The van der Waals surface area contributed by atoms with Crippen LogP contribution in [-0.2, 0) is 11.3 Å². The molecule has 2 rings (SSSR count). The molecule has 0 unspecified atom stereocenters. The third-order valence-electron chi connectivity index (χ3n) is 2.67. The van der Waals surface area contributed by atoms with E-state index in [0.29, 0.717) is 10.7 Å². The van der Waals surface area contributed by atoms with Crippen LogP contribution in [0.1, 0.15) is 11.1 Å². The molecule has 0 saturated heterocycles. The van der Waals surface area contributed by atoms with Crippen molar-refractivity contribution in [1.82, 2.24) is 0 Å². The molecule has 0 aliphatic rings. The molecule has 0 aliphatic heterocycles. The van der Waals surface area contributed by atoms with E-state index in [1.165, 1.54) is 0 Å². The van der Waals surface area contributed by atoms with Gasteiger partial charge in [-0.25, -0.2) is 4.79 Å². The average Bonchev–Trinajstić information content (AvgIpc) is 2.43. The number of hydrogen-bond acceptors (Lipinski definition) is 2. The molecule has 2 aromatic rings. The summed E-state index contributed by atoms with van der Waals surface area (Å²) in [6.07, 6.45) is -0.517. The second kappa shape index (κ2) is 6.77. The van der Waals surface area contributed by atoms with Crippen molar-refractivity contribution in [3.8, 4) is 0 Å². The SMILES string of the molecule is Cc1cc(Cl)cc(NC(=O)OCc2ccccc2)c1Br. The summed E-state index contributed by atoms with van der Waals surface area (Å²) in [6.45, 7) is 2.13. The maximum atomic E-state index is 11.8. The number of aryl methyl sites for hydroxylation is 1. The summed E-state index contributed by atoms with van der Waals surface area (Å²) in [6, 6.07) is 13.0. The highest BCUT2D eigenvalue weighted by molar-refractivity contribution is 9.10. The van der Waals surface area contributed by atoms with Gasteiger partial charge < -0.3 is 4.74 Å². The Hall–Kier alpha value is -1.52. The summed E-state index contributed by atoms with van der Waals surface area (Å²) in [5.41, 5.74) is 2.47. The lowest BCUT2D eigenvalue weighted by Gasteiger charge is -2.10. The van der Waals surface area contributed by atoms with Gasteiger partial charge in [0.05, 0.1) is 5.69 Å². The van der Waals surface area contributed by atoms with Gasteiger partial charge in [0.1, 0.15) is 6.61 Å². The van der Waals surface area contributed by atoms with E-state index in [9.17, 15) is 4.79 Å². The lowest BCUT2D eigenvalue weighted by atomic mass is 10.2. The van der Waals surface area contributed by atoms with Crippen molar-refractivity contribution in [2.24, 2.45) is 0 Å². The molecule has 5 heteroatoms. The number of carbonyl (C=O) groups is 1. The van der Waals surface area contributed by atoms with Crippen molar-refractivity contribution in [3.05, 3.63) is 63.1 Å². The maximum Gasteiger partial charge on any atom is 0.411 e. The number of carbonyl (C=O) groups excluding carboxylic acids is 1. The topological polar surface area (TPSA) is 38.3 Å². The Morgan fingerprint density at radius 1 is 1.30 bits per heavy atom. The number of anilines is 1. The third-order valence-corrected chi connectivity index (χ3v) is 3.94. The lowest BCUT2D eigenvalue weighted by Crippen LogP contribution is -2.14. The summed E-state index contributed by atoms with van der Waals surface area (Å²) in [4.78, 5) is 11.8. The van der Waals surface area contributed by atoms with Crippen LogP contribution in [0.5, 0.6) is 0 Å². The van der Waals surface area contributed by atoms with Crippen LogP contribution in [0, 0.1) is 6.92 Å². The molecule has 1 amide bonds. The van der Waals surface area contributed by atoms with E-state index in [4.69, 9.17) is 16.3 Å². The van der Waals surface area contributed by atoms with Gasteiger partial charge in [-0.05, 0) is 46.1 Å². The number of amides is 1. The molecule has 0 aliphatic carbocycles. The molecule has 0 heterocycles. The fourth-order valence-corrected chi connectivity index (χ4v) is 2.29. The zero-order chi connectivity index (χ0) is 14.5. The molecule has 104 valence electrons. The second-order valence-corrected chi connectivity index (χ2v) is 5.50. The Bertz CT molecular complexity index is 617. The Morgan fingerprint density at radius 3 is 2.70 bits per heavy atom. The fraction of sp³-hybridized carbons (Fsp3) is 0.133. The zero-order valence-corrected chi connectivity index (χ0v) is 13.2. The highest BCUT2D eigenvalue weighted by Gasteiger charge is 2.09. The van der Waals surface area contributed by atoms with Crippen LogP contribution >= 0.6 is 27.5 Å². The Kier molecular flexibility index (Phi) is 5.04. The highest BCUT2D eigenvalue weighted by atomic mass is 79.9. The summed E-state index contributed by atoms with van der Waals surface area (Å²) in [5, 5.41) is 3.23. The molecule has 0 bridgehead atoms. The number of halogens is 2. The van der Waals surface area contributed by atoms with Crippen molar-refractivity contribution >= 4 is 39.3 Å². The lowest BCUT2D eigenvalue weighted by molar-refractivity contribution is 0.155. The first-order valence-corrected chi connectivity index (χ1v) is 7.16. The van der Waals surface area contributed by atoms with Gasteiger partial charge in [-0.2, -0.15) is 0 Å². The van der Waals surface area contributed by atoms with Crippen LogP contribution < -0.4 is 5.32 Å². The number of benzene rings is 2. The number of hydrogen-bond donors (Lipinski definition) is 1. The van der Waals surface area contributed by atoms with Crippen molar-refractivity contribution in [1.29, 1.82) is 0 Å². The summed E-state index contributed by atoms with van der Waals surface area (Å²) >= 11 is 9.38. The van der Waals surface area contributed by atoms with Crippen LogP contribution in [0.2, 0.25) is 5.02 Å². The van der Waals surface area contributed by atoms with Gasteiger partial charge in [-0.1, -0.05) is 41.9 Å². The van der Waals surface area contributed by atoms with E-state index in [0.717, 1.165) is 15.6 Å². The Morgan fingerprint density at radius 2 is 2.00 bits per heavy atom. The minimum Gasteiger partial charge on any atom is -0.444 e. The van der Waals surface area contributed by atoms with Crippen LogP contribution in [-0.4, -0.2) is 6.09 Å². The van der Waals surface area contributed by atoms with Gasteiger partial charge in [0.25, 0.3) is 0 Å². The normalized spacial score (nSPS) is 10.2. The van der Waals surface area contributed by atoms with E-state index in [1.54, 1.807) is 6.07 Å². The molecule has 0 aromatic heterocycles. The summed E-state index contributed by atoms with van der Waals surface area (Å²) in [5.74, 6) is 0. The van der Waals surface area contributed by atoms with Crippen LogP contribution in [0.4, 0.5) is 10.5 Å². The number of nitrogens with one attached hydrogen (secondary N) is 1. The first-order valence-electron chi connectivity index (χ1n) is 5.99. The molecular weight excluding hydrogens is 342 g/mol. The first kappa shape index (κ1) is 14.9. The van der Waals surface area contributed by atoms with Gasteiger partial charge in [0, 0.05) is 9.50 Å². The smallest absolute Gasteiger partial charge is 0.411 e. The Balaban J connectivity index is 1.98. The van der Waals surface area contributed by atoms with Gasteiger partial charge in [0.15, 0.2) is 0 Å². The van der Waals surface area contributed by atoms with Crippen molar-refractivity contribution in [2.75, 3.05) is 5.32 Å². The molecule has 0 spiro atoms. The summed E-state index contributed by atoms with van der Waals surface area (Å²) < 4.78 is 5.94. The largest absolute Gasteiger partial charge is 0.444 e. The average molecular weight is 355 g/mol. The van der Waals surface area contributed by atoms with Crippen molar-refractivity contribution < 1.29 is 9.53 Å². The van der Waals surface area contributed by atoms with Gasteiger partial charge in [0.2, 0.25) is 0 Å². The summed E-state index contributed by atoms with van der Waals surface area (Å²) in [7, 11) is 0. The van der Waals surface area contributed by atoms with E-state index in [-0.39, 0.29) is 6.61 Å². The van der Waals surface area contributed by atoms with E-state index in [2.05, 4.69) is 21.2 Å². The first-order chi connectivity index (χ1) is 9.56. The predicted molar refractivity (Wildman–Crippen MR) is 84.1 cm³/mol. The minimum atomic E-state index is -0.517. The maximum absolute atomic E-state index is 11.8. The van der Waals surface area contributed by atoms with E-state index in [1.807, 2.05) is 43.3 Å². The third kappa shape index (κ3) is 3.99. The quantitative estimate of drug-likeness (QED) is 0.827. The van der Waals surface area contributed by atoms with E-state index >= 15 is 0 Å².